The lowest BCUT2D eigenvalue weighted by molar-refractivity contribution is 0.263. The van der Waals surface area contributed by atoms with E-state index in [-0.39, 0.29) is 17.8 Å². The number of hydrogen-bond acceptors (Lipinski definition) is 4. The minimum absolute atomic E-state index is 0. The van der Waals surface area contributed by atoms with Gasteiger partial charge < -0.3 is 10.6 Å². The third-order valence-electron chi connectivity index (χ3n) is 3.50. The Bertz CT molecular complexity index is 563. The maximum absolute atomic E-state index is 5.68. The molecule has 0 spiro atoms. The molecule has 0 saturated carbocycles. The number of likely N-dealkylation sites (N-methyl/N-ethyl adjacent to an activating group) is 1. The molecule has 5 heteroatoms. The van der Waals surface area contributed by atoms with E-state index < -0.39 is 0 Å². The fraction of sp³-hybridized carbons (Fsp3) is 0.438. The summed E-state index contributed by atoms with van der Waals surface area (Å²) in [6, 6.07) is 8.82. The normalized spacial score (nSPS) is 11.5. The van der Waals surface area contributed by atoms with Crippen molar-refractivity contribution >= 4 is 28.9 Å². The minimum Gasteiger partial charge on any atom is -0.375 e. The number of halogens is 1. The van der Waals surface area contributed by atoms with Gasteiger partial charge in [-0.05, 0) is 19.5 Å². The third kappa shape index (κ3) is 4.99. The van der Waals surface area contributed by atoms with Crippen molar-refractivity contribution in [3.05, 3.63) is 46.5 Å². The van der Waals surface area contributed by atoms with Gasteiger partial charge in [0.2, 0.25) is 0 Å². The summed E-state index contributed by atoms with van der Waals surface area (Å²) in [7, 11) is 2.14. The molecule has 0 aliphatic rings. The Kier molecular flexibility index (Phi) is 6.20. The Balaban J connectivity index is 0.00000220. The van der Waals surface area contributed by atoms with Crippen LogP contribution in [-0.4, -0.2) is 23.5 Å². The molecule has 0 bridgehead atoms. The summed E-state index contributed by atoms with van der Waals surface area (Å²) in [5.74, 6) is 0. The number of aromatic nitrogens is 1. The molecule has 3 nitrogen and oxygen atoms in total. The zero-order chi connectivity index (χ0) is 14.8. The first-order valence-corrected chi connectivity index (χ1v) is 7.64. The van der Waals surface area contributed by atoms with Crippen LogP contribution in [0.2, 0.25) is 0 Å². The number of nitrogens with zero attached hydrogens (tertiary/aromatic N) is 2. The Morgan fingerprint density at radius 1 is 1.24 bits per heavy atom. The van der Waals surface area contributed by atoms with E-state index in [0.717, 1.165) is 13.1 Å². The summed E-state index contributed by atoms with van der Waals surface area (Å²) < 4.78 is 0. The second kappa shape index (κ2) is 7.25. The summed E-state index contributed by atoms with van der Waals surface area (Å²) in [6.07, 6.45) is 1.87. The Morgan fingerprint density at radius 2 is 1.86 bits per heavy atom. The fourth-order valence-electron chi connectivity index (χ4n) is 2.49. The Labute approximate surface area is 137 Å². The van der Waals surface area contributed by atoms with Crippen LogP contribution in [0, 0.1) is 6.92 Å². The Hall–Kier alpha value is -1.10. The molecule has 2 aromatic rings. The van der Waals surface area contributed by atoms with E-state index in [9.17, 15) is 0 Å². The molecule has 0 aliphatic carbocycles. The third-order valence-corrected chi connectivity index (χ3v) is 4.31. The van der Waals surface area contributed by atoms with Gasteiger partial charge in [-0.25, -0.2) is 4.98 Å². The maximum Gasteiger partial charge on any atom is 0.180 e. The Morgan fingerprint density at radius 3 is 2.38 bits per heavy atom. The minimum atomic E-state index is 0. The lowest BCUT2D eigenvalue weighted by Gasteiger charge is -2.30. The van der Waals surface area contributed by atoms with Crippen LogP contribution in [0.4, 0.5) is 5.13 Å². The molecule has 0 unspecified atom stereocenters. The topological polar surface area (TPSA) is 42.2 Å². The number of nitrogens with two attached hydrogens (primary N) is 1. The average Bonchev–Trinajstić information content (AvgIpc) is 2.74. The van der Waals surface area contributed by atoms with Crippen molar-refractivity contribution in [2.24, 2.45) is 0 Å². The van der Waals surface area contributed by atoms with Gasteiger partial charge in [-0.3, -0.25) is 0 Å². The first-order valence-electron chi connectivity index (χ1n) is 6.83. The van der Waals surface area contributed by atoms with Gasteiger partial charge in [-0.15, -0.1) is 23.7 Å². The molecule has 0 fully saturated rings. The standard InChI is InChI=1S/C16H23N3S.ClH/c1-12-5-7-13(8-6-12)16(2,3)11-19(4)10-14-9-18-15(17)20-14;/h5-9H,10-11H2,1-4H3,(H2,17,18);1H. The van der Waals surface area contributed by atoms with Crippen LogP contribution in [0.25, 0.3) is 0 Å². The molecule has 0 radical (unpaired) electrons. The number of anilines is 1. The van der Waals surface area contributed by atoms with Crippen LogP contribution < -0.4 is 5.73 Å². The highest BCUT2D eigenvalue weighted by Crippen LogP contribution is 2.25. The molecule has 2 N–H and O–H groups in total. The molecule has 1 aromatic carbocycles. The van der Waals surface area contributed by atoms with Gasteiger partial charge in [0, 0.05) is 29.6 Å². The summed E-state index contributed by atoms with van der Waals surface area (Å²) in [5, 5.41) is 0.645. The van der Waals surface area contributed by atoms with Crippen LogP contribution in [0.15, 0.2) is 30.5 Å². The first-order chi connectivity index (χ1) is 9.37. The van der Waals surface area contributed by atoms with Crippen LogP contribution in [0.1, 0.15) is 29.9 Å². The van der Waals surface area contributed by atoms with Crippen molar-refractivity contribution in [2.75, 3.05) is 19.3 Å². The zero-order valence-electron chi connectivity index (χ0n) is 13.1. The number of hydrogen-bond donors (Lipinski definition) is 1. The van der Waals surface area contributed by atoms with E-state index in [1.54, 1.807) is 11.3 Å². The molecular formula is C16H24ClN3S. The largest absolute Gasteiger partial charge is 0.375 e. The van der Waals surface area contributed by atoms with E-state index in [4.69, 9.17) is 5.73 Å². The number of nitrogen functional groups attached to an aromatic ring is 1. The van der Waals surface area contributed by atoms with Gasteiger partial charge in [0.1, 0.15) is 0 Å². The predicted molar refractivity (Wildman–Crippen MR) is 94.3 cm³/mol. The highest BCUT2D eigenvalue weighted by molar-refractivity contribution is 7.15. The lowest BCUT2D eigenvalue weighted by Crippen LogP contribution is -2.34. The molecule has 0 saturated heterocycles. The monoisotopic (exact) mass is 325 g/mol. The van der Waals surface area contributed by atoms with Crippen molar-refractivity contribution in [1.29, 1.82) is 0 Å². The van der Waals surface area contributed by atoms with Gasteiger partial charge in [-0.1, -0.05) is 43.7 Å². The average molecular weight is 326 g/mol. The molecule has 0 atom stereocenters. The summed E-state index contributed by atoms with van der Waals surface area (Å²) in [5.41, 5.74) is 8.48. The van der Waals surface area contributed by atoms with Crippen molar-refractivity contribution in [3.8, 4) is 0 Å². The van der Waals surface area contributed by atoms with Crippen LogP contribution in [-0.2, 0) is 12.0 Å². The summed E-state index contributed by atoms with van der Waals surface area (Å²) in [4.78, 5) is 7.64. The van der Waals surface area contributed by atoms with E-state index in [1.807, 2.05) is 6.20 Å². The van der Waals surface area contributed by atoms with Crippen LogP contribution in [0.3, 0.4) is 0 Å². The maximum atomic E-state index is 5.68. The lowest BCUT2D eigenvalue weighted by atomic mass is 9.84. The molecule has 0 amide bonds. The van der Waals surface area contributed by atoms with E-state index in [2.05, 4.69) is 62.0 Å². The highest BCUT2D eigenvalue weighted by Gasteiger charge is 2.22. The van der Waals surface area contributed by atoms with E-state index in [0.29, 0.717) is 5.13 Å². The second-order valence-electron chi connectivity index (χ2n) is 6.09. The molecule has 116 valence electrons. The fourth-order valence-corrected chi connectivity index (χ4v) is 3.25. The van der Waals surface area contributed by atoms with Crippen molar-refractivity contribution < 1.29 is 0 Å². The quantitative estimate of drug-likeness (QED) is 0.907. The van der Waals surface area contributed by atoms with Gasteiger partial charge in [-0.2, -0.15) is 0 Å². The van der Waals surface area contributed by atoms with Crippen molar-refractivity contribution in [2.45, 2.75) is 32.7 Å². The highest BCUT2D eigenvalue weighted by atomic mass is 35.5. The smallest absolute Gasteiger partial charge is 0.180 e. The van der Waals surface area contributed by atoms with E-state index in [1.165, 1.54) is 16.0 Å². The molecule has 21 heavy (non-hydrogen) atoms. The molecule has 1 heterocycles. The van der Waals surface area contributed by atoms with Crippen LogP contribution >= 0.6 is 23.7 Å². The number of rotatable bonds is 5. The number of thiazole rings is 1. The number of benzene rings is 1. The van der Waals surface area contributed by atoms with Crippen LogP contribution in [0.5, 0.6) is 0 Å². The van der Waals surface area contributed by atoms with Gasteiger partial charge in [0.15, 0.2) is 5.13 Å². The molecule has 0 aliphatic heterocycles. The van der Waals surface area contributed by atoms with Crippen molar-refractivity contribution in [1.82, 2.24) is 9.88 Å². The molecule has 1 aromatic heterocycles. The SMILES string of the molecule is Cc1ccc(C(C)(C)CN(C)Cc2cnc(N)s2)cc1.Cl. The zero-order valence-corrected chi connectivity index (χ0v) is 14.7. The van der Waals surface area contributed by atoms with Crippen molar-refractivity contribution in [3.63, 3.8) is 0 Å². The van der Waals surface area contributed by atoms with Gasteiger partial charge >= 0.3 is 0 Å². The predicted octanol–water partition coefficient (Wildman–Crippen LogP) is 3.87. The van der Waals surface area contributed by atoms with Gasteiger partial charge in [0.05, 0.1) is 0 Å². The second-order valence-corrected chi connectivity index (χ2v) is 7.23. The molecule has 2 rings (SSSR count). The first kappa shape index (κ1) is 18.0. The van der Waals surface area contributed by atoms with E-state index >= 15 is 0 Å². The summed E-state index contributed by atoms with van der Waals surface area (Å²) in [6.45, 7) is 8.58. The number of aryl methyl sites for hydroxylation is 1. The summed E-state index contributed by atoms with van der Waals surface area (Å²) >= 11 is 1.56. The van der Waals surface area contributed by atoms with Gasteiger partial charge in [0.25, 0.3) is 0 Å². The molecular weight excluding hydrogens is 302 g/mol.